The number of hydrogen-bond acceptors (Lipinski definition) is 3. The fourth-order valence-corrected chi connectivity index (χ4v) is 3.61. The number of hydrogen-bond donors (Lipinski definition) is 1. The first kappa shape index (κ1) is 18.6. The van der Waals surface area contributed by atoms with Gasteiger partial charge in [-0.05, 0) is 34.9 Å². The molecule has 4 rings (SSSR count). The van der Waals surface area contributed by atoms with Gasteiger partial charge in [-0.1, -0.05) is 67.2 Å². The van der Waals surface area contributed by atoms with Crippen LogP contribution < -0.4 is 0 Å². The van der Waals surface area contributed by atoms with E-state index in [9.17, 15) is 9.90 Å². The molecule has 1 N–H and O–H groups in total. The Balaban J connectivity index is 1.89. The van der Waals surface area contributed by atoms with Crippen molar-refractivity contribution in [1.29, 1.82) is 0 Å². The number of carbonyl (C=O) groups excluding carboxylic acids is 1. The highest BCUT2D eigenvalue weighted by Gasteiger charge is 2.20. The van der Waals surface area contributed by atoms with Crippen LogP contribution in [0, 0.1) is 0 Å². The quantitative estimate of drug-likeness (QED) is 0.487. The Morgan fingerprint density at radius 3 is 2.48 bits per heavy atom. The van der Waals surface area contributed by atoms with Crippen LogP contribution in [0.3, 0.4) is 0 Å². The summed E-state index contributed by atoms with van der Waals surface area (Å²) >= 11 is 0. The van der Waals surface area contributed by atoms with Crippen molar-refractivity contribution in [3.05, 3.63) is 102 Å². The zero-order chi connectivity index (χ0) is 20.4. The number of esters is 1. The van der Waals surface area contributed by atoms with Crippen LogP contribution in [0.5, 0.6) is 5.88 Å². The molecule has 0 radical (unpaired) electrons. The number of ether oxygens (including phenoxy) is 1. The second-order valence-electron chi connectivity index (χ2n) is 6.82. The number of nitrogens with zero attached hydrogens (tertiary/aromatic N) is 1. The Hall–Kier alpha value is -3.79. The van der Waals surface area contributed by atoms with Gasteiger partial charge in [0, 0.05) is 11.1 Å². The summed E-state index contributed by atoms with van der Waals surface area (Å²) in [7, 11) is 1.37. The number of methoxy groups -OCH3 is 1. The molecule has 1 heterocycles. The maximum absolute atomic E-state index is 11.7. The number of carbonyl (C=O) groups is 1. The van der Waals surface area contributed by atoms with Gasteiger partial charge in [0.25, 0.3) is 0 Å². The van der Waals surface area contributed by atoms with Crippen molar-refractivity contribution >= 4 is 22.4 Å². The fraction of sp³-hybridized carbons (Fsp3) is 0.0800. The number of aromatic hydroxyl groups is 1. The highest BCUT2D eigenvalue weighted by atomic mass is 16.5. The minimum Gasteiger partial charge on any atom is -0.494 e. The summed E-state index contributed by atoms with van der Waals surface area (Å²) < 4.78 is 6.56. The van der Waals surface area contributed by atoms with E-state index in [1.165, 1.54) is 7.11 Å². The molecule has 3 aromatic carbocycles. The molecule has 0 aliphatic rings. The molecular formula is C25H21NO3. The van der Waals surface area contributed by atoms with Gasteiger partial charge in [-0.3, -0.25) is 9.36 Å². The van der Waals surface area contributed by atoms with Crippen LogP contribution in [0.2, 0.25) is 0 Å². The van der Waals surface area contributed by atoms with E-state index in [0.717, 1.165) is 33.3 Å². The number of fused-ring (bicyclic) bond motifs is 1. The average Bonchev–Trinajstić information content (AvgIpc) is 3.05. The van der Waals surface area contributed by atoms with Gasteiger partial charge in [0.1, 0.15) is 0 Å². The van der Waals surface area contributed by atoms with Crippen molar-refractivity contribution in [1.82, 2.24) is 4.57 Å². The van der Waals surface area contributed by atoms with Gasteiger partial charge in [0.05, 0.1) is 24.6 Å². The van der Waals surface area contributed by atoms with Gasteiger partial charge in [0.15, 0.2) is 0 Å². The van der Waals surface area contributed by atoms with E-state index in [0.29, 0.717) is 5.56 Å². The molecule has 0 atom stereocenters. The average molecular weight is 383 g/mol. The van der Waals surface area contributed by atoms with Gasteiger partial charge in [-0.2, -0.15) is 0 Å². The number of rotatable bonds is 5. The molecule has 0 amide bonds. The second-order valence-corrected chi connectivity index (χ2v) is 6.82. The lowest BCUT2D eigenvalue weighted by atomic mass is 9.99. The third-order valence-corrected chi connectivity index (χ3v) is 5.02. The first-order valence-corrected chi connectivity index (χ1v) is 9.33. The van der Waals surface area contributed by atoms with Crippen LogP contribution in [0.4, 0.5) is 0 Å². The highest BCUT2D eigenvalue weighted by Crippen LogP contribution is 2.40. The van der Waals surface area contributed by atoms with Crippen molar-refractivity contribution in [2.45, 2.75) is 6.42 Å². The van der Waals surface area contributed by atoms with E-state index in [-0.39, 0.29) is 18.3 Å². The first-order valence-electron chi connectivity index (χ1n) is 9.33. The molecule has 4 nitrogen and oxygen atoms in total. The standard InChI is InChI=1S/C25H21NO3/c1-17(19-10-4-3-5-11-19)24-21-13-6-7-14-22(21)26(25(24)28)20-12-8-9-18(15-20)16-23(27)29-2/h3-15,28H,1,16H2,2H3. The van der Waals surface area contributed by atoms with Crippen LogP contribution in [0.1, 0.15) is 16.7 Å². The molecule has 1 aromatic heterocycles. The molecule has 0 spiro atoms. The number of para-hydroxylation sites is 1. The number of benzene rings is 3. The Labute approximate surface area is 169 Å². The van der Waals surface area contributed by atoms with E-state index in [1.807, 2.05) is 78.9 Å². The van der Waals surface area contributed by atoms with Crippen LogP contribution in [0.25, 0.3) is 22.2 Å². The summed E-state index contributed by atoms with van der Waals surface area (Å²) in [6.45, 7) is 4.25. The molecule has 0 unspecified atom stereocenters. The Kier molecular flexibility index (Phi) is 4.92. The normalized spacial score (nSPS) is 10.8. The van der Waals surface area contributed by atoms with E-state index >= 15 is 0 Å². The zero-order valence-corrected chi connectivity index (χ0v) is 16.1. The van der Waals surface area contributed by atoms with Gasteiger partial charge < -0.3 is 9.84 Å². The largest absolute Gasteiger partial charge is 0.494 e. The SMILES string of the molecule is C=C(c1ccccc1)c1c(O)n(-c2cccc(CC(=O)OC)c2)c2ccccc12. The molecule has 0 bridgehead atoms. The minimum absolute atomic E-state index is 0.121. The summed E-state index contributed by atoms with van der Waals surface area (Å²) in [5.41, 5.74) is 4.86. The second kappa shape index (κ2) is 7.68. The van der Waals surface area contributed by atoms with Crippen molar-refractivity contribution in [2.24, 2.45) is 0 Å². The van der Waals surface area contributed by atoms with E-state index in [1.54, 1.807) is 4.57 Å². The molecule has 29 heavy (non-hydrogen) atoms. The van der Waals surface area contributed by atoms with E-state index in [4.69, 9.17) is 4.74 Å². The summed E-state index contributed by atoms with van der Waals surface area (Å²) in [5.74, 6) is -0.183. The lowest BCUT2D eigenvalue weighted by Gasteiger charge is -2.10. The van der Waals surface area contributed by atoms with Gasteiger partial charge in [0.2, 0.25) is 5.88 Å². The maximum atomic E-state index is 11.7. The lowest BCUT2D eigenvalue weighted by Crippen LogP contribution is -2.05. The smallest absolute Gasteiger partial charge is 0.309 e. The summed E-state index contributed by atoms with van der Waals surface area (Å²) in [6.07, 6.45) is 0.174. The minimum atomic E-state index is -0.304. The zero-order valence-electron chi connectivity index (χ0n) is 16.1. The third kappa shape index (κ3) is 3.41. The number of aromatic nitrogens is 1. The lowest BCUT2D eigenvalue weighted by molar-refractivity contribution is -0.139. The molecular weight excluding hydrogens is 362 g/mol. The molecule has 0 fully saturated rings. The van der Waals surface area contributed by atoms with Crippen molar-refractivity contribution < 1.29 is 14.6 Å². The third-order valence-electron chi connectivity index (χ3n) is 5.02. The first-order chi connectivity index (χ1) is 14.1. The topological polar surface area (TPSA) is 51.5 Å². The molecule has 4 aromatic rings. The van der Waals surface area contributed by atoms with Crippen LogP contribution in [-0.4, -0.2) is 22.8 Å². The van der Waals surface area contributed by atoms with Gasteiger partial charge >= 0.3 is 5.97 Å². The predicted octanol–water partition coefficient (Wildman–Crippen LogP) is 5.11. The highest BCUT2D eigenvalue weighted by molar-refractivity contribution is 6.00. The molecule has 4 heteroatoms. The van der Waals surface area contributed by atoms with Crippen LogP contribution in [-0.2, 0) is 16.0 Å². The maximum Gasteiger partial charge on any atom is 0.309 e. The van der Waals surface area contributed by atoms with Gasteiger partial charge in [-0.25, -0.2) is 0 Å². The molecule has 0 saturated carbocycles. The molecule has 144 valence electrons. The van der Waals surface area contributed by atoms with Gasteiger partial charge in [-0.15, -0.1) is 0 Å². The van der Waals surface area contributed by atoms with Crippen molar-refractivity contribution in [3.8, 4) is 11.6 Å². The van der Waals surface area contributed by atoms with Crippen LogP contribution in [0.15, 0.2) is 85.4 Å². The molecule has 0 aliphatic heterocycles. The summed E-state index contributed by atoms with van der Waals surface area (Å²) in [6, 6.07) is 25.2. The summed E-state index contributed by atoms with van der Waals surface area (Å²) in [5, 5.41) is 12.1. The Morgan fingerprint density at radius 1 is 1.00 bits per heavy atom. The van der Waals surface area contributed by atoms with E-state index in [2.05, 4.69) is 6.58 Å². The molecule has 0 saturated heterocycles. The Morgan fingerprint density at radius 2 is 1.72 bits per heavy atom. The predicted molar refractivity (Wildman–Crippen MR) is 115 cm³/mol. The van der Waals surface area contributed by atoms with Crippen molar-refractivity contribution in [2.75, 3.05) is 7.11 Å². The molecule has 0 aliphatic carbocycles. The van der Waals surface area contributed by atoms with Crippen molar-refractivity contribution in [3.63, 3.8) is 0 Å². The summed E-state index contributed by atoms with van der Waals surface area (Å²) in [4.78, 5) is 11.7. The van der Waals surface area contributed by atoms with Crippen LogP contribution >= 0.6 is 0 Å². The Bertz CT molecular complexity index is 1210. The monoisotopic (exact) mass is 383 g/mol. The van der Waals surface area contributed by atoms with E-state index < -0.39 is 0 Å². The fourth-order valence-electron chi connectivity index (χ4n) is 3.61.